The molecule has 9 heteroatoms. The molecule has 174 valence electrons. The van der Waals surface area contributed by atoms with E-state index in [2.05, 4.69) is 27.1 Å². The van der Waals surface area contributed by atoms with Gasteiger partial charge in [0.1, 0.15) is 12.3 Å². The fraction of sp³-hybridized carbons (Fsp3) is 0.200. The Morgan fingerprint density at radius 3 is 2.62 bits per heavy atom. The number of aliphatic hydroxyl groups is 1. The van der Waals surface area contributed by atoms with Gasteiger partial charge in [-0.2, -0.15) is 13.2 Å². The zero-order valence-electron chi connectivity index (χ0n) is 17.9. The summed E-state index contributed by atoms with van der Waals surface area (Å²) in [7, 11) is 0. The molecule has 0 aliphatic carbocycles. The van der Waals surface area contributed by atoms with E-state index in [9.17, 15) is 13.2 Å². The Kier molecular flexibility index (Phi) is 7.12. The third-order valence-corrected chi connectivity index (χ3v) is 6.17. The van der Waals surface area contributed by atoms with Crippen LogP contribution in [0.15, 0.2) is 60.9 Å². The number of aromatic nitrogens is 2. The predicted octanol–water partition coefficient (Wildman–Crippen LogP) is 4.70. The minimum atomic E-state index is -4.36. The molecule has 4 rings (SSSR count). The maximum atomic E-state index is 12.7. The Hall–Kier alpha value is -3.45. The molecule has 0 spiro atoms. The molecule has 5 nitrogen and oxygen atoms in total. The van der Waals surface area contributed by atoms with Gasteiger partial charge in [-0.3, -0.25) is 4.98 Å². The van der Waals surface area contributed by atoms with Crippen LogP contribution >= 0.6 is 11.3 Å². The summed E-state index contributed by atoms with van der Waals surface area (Å²) in [5.74, 6) is 5.54. The van der Waals surface area contributed by atoms with Crippen molar-refractivity contribution >= 4 is 27.2 Å². The zero-order valence-corrected chi connectivity index (χ0v) is 18.7. The number of thiazole rings is 1. The summed E-state index contributed by atoms with van der Waals surface area (Å²) in [6.45, 7) is 0.103. The van der Waals surface area contributed by atoms with Crippen LogP contribution in [-0.4, -0.2) is 34.3 Å². The number of hydrogen-bond acceptors (Lipinski definition) is 6. The van der Waals surface area contributed by atoms with Crippen molar-refractivity contribution in [3.63, 3.8) is 0 Å². The molecule has 34 heavy (non-hydrogen) atoms. The van der Waals surface area contributed by atoms with Crippen molar-refractivity contribution in [2.75, 3.05) is 18.5 Å². The molecule has 2 aromatic heterocycles. The number of aliphatic hydroxyl groups excluding tert-OH is 1. The topological polar surface area (TPSA) is 84.1 Å². The van der Waals surface area contributed by atoms with Crippen molar-refractivity contribution in [1.82, 2.24) is 9.97 Å². The number of rotatable bonds is 6. The largest absolute Gasteiger partial charge is 0.416 e. The molecule has 4 N–H and O–H groups in total. The quantitative estimate of drug-likeness (QED) is 0.347. The Morgan fingerprint density at radius 1 is 1.09 bits per heavy atom. The predicted molar refractivity (Wildman–Crippen MR) is 128 cm³/mol. The SMILES string of the molecule is N[C@H](CNc1nc(C#CCO)c(-c2ccc3cnccc3c2)s1)Cc1ccc(C(F)(F)F)cc1. The summed E-state index contributed by atoms with van der Waals surface area (Å²) in [5.41, 5.74) is 7.74. The smallest absolute Gasteiger partial charge is 0.384 e. The summed E-state index contributed by atoms with van der Waals surface area (Å²) < 4.78 is 38.2. The van der Waals surface area contributed by atoms with Gasteiger partial charge in [-0.25, -0.2) is 4.98 Å². The Morgan fingerprint density at radius 2 is 1.88 bits per heavy atom. The third kappa shape index (κ3) is 5.72. The van der Waals surface area contributed by atoms with Crippen LogP contribution < -0.4 is 11.1 Å². The van der Waals surface area contributed by atoms with E-state index in [4.69, 9.17) is 10.8 Å². The van der Waals surface area contributed by atoms with Crippen molar-refractivity contribution in [3.05, 3.63) is 77.7 Å². The van der Waals surface area contributed by atoms with Gasteiger partial charge >= 0.3 is 6.18 Å². The lowest BCUT2D eigenvalue weighted by Crippen LogP contribution is -2.31. The minimum Gasteiger partial charge on any atom is -0.384 e. The number of pyridine rings is 1. The van der Waals surface area contributed by atoms with Gasteiger partial charge in [0.25, 0.3) is 0 Å². The number of halogens is 3. The Labute approximate surface area is 198 Å². The lowest BCUT2D eigenvalue weighted by atomic mass is 10.0. The van der Waals surface area contributed by atoms with Gasteiger partial charge in [0.05, 0.1) is 10.4 Å². The maximum absolute atomic E-state index is 12.7. The van der Waals surface area contributed by atoms with E-state index in [-0.39, 0.29) is 12.6 Å². The molecule has 0 amide bonds. The van der Waals surface area contributed by atoms with Crippen LogP contribution in [0.4, 0.5) is 18.3 Å². The number of hydrogen-bond donors (Lipinski definition) is 3. The number of benzene rings is 2. The number of fused-ring (bicyclic) bond motifs is 1. The van der Waals surface area contributed by atoms with Crippen LogP contribution in [-0.2, 0) is 12.6 Å². The molecule has 4 aromatic rings. The van der Waals surface area contributed by atoms with Gasteiger partial charge < -0.3 is 16.2 Å². The summed E-state index contributed by atoms with van der Waals surface area (Å²) in [5, 5.41) is 15.0. The second-order valence-electron chi connectivity index (χ2n) is 7.63. The molecule has 0 radical (unpaired) electrons. The highest BCUT2D eigenvalue weighted by molar-refractivity contribution is 7.19. The molecule has 2 heterocycles. The first-order valence-electron chi connectivity index (χ1n) is 10.4. The van der Waals surface area contributed by atoms with E-state index in [0.717, 1.165) is 38.9 Å². The Bertz CT molecular complexity index is 1340. The molecule has 0 saturated carbocycles. The van der Waals surface area contributed by atoms with Crippen molar-refractivity contribution < 1.29 is 18.3 Å². The molecule has 0 bridgehead atoms. The number of nitrogens with two attached hydrogens (primary N) is 1. The highest BCUT2D eigenvalue weighted by atomic mass is 32.1. The fourth-order valence-corrected chi connectivity index (χ4v) is 4.37. The Balaban J connectivity index is 1.48. The molecule has 2 aromatic carbocycles. The van der Waals surface area contributed by atoms with Crippen LogP contribution in [0.3, 0.4) is 0 Å². The van der Waals surface area contributed by atoms with Gasteiger partial charge in [0.15, 0.2) is 5.13 Å². The van der Waals surface area contributed by atoms with E-state index < -0.39 is 11.7 Å². The normalized spacial score (nSPS) is 12.3. The van der Waals surface area contributed by atoms with Crippen LogP contribution in [0, 0.1) is 11.8 Å². The molecular formula is C25H21F3N4OS. The standard InChI is InChI=1S/C25H21F3N4OS/c26-25(27,28)20-7-3-16(4-8-20)12-21(29)15-31-24-32-22(2-1-11-33)23(34-24)18-5-6-19-14-30-10-9-17(19)13-18/h3-10,13-14,21,33H,11-12,15,29H2,(H,31,32)/t21-/m0/s1. The van der Waals surface area contributed by atoms with Gasteiger partial charge in [0, 0.05) is 30.4 Å². The number of nitrogens with one attached hydrogen (secondary N) is 1. The first kappa shape index (κ1) is 23.7. The molecule has 1 atom stereocenters. The zero-order chi connectivity index (χ0) is 24.1. The van der Waals surface area contributed by atoms with Crippen molar-refractivity contribution in [2.24, 2.45) is 5.73 Å². The first-order chi connectivity index (χ1) is 16.3. The second-order valence-corrected chi connectivity index (χ2v) is 8.63. The maximum Gasteiger partial charge on any atom is 0.416 e. The lowest BCUT2D eigenvalue weighted by Gasteiger charge is -2.13. The van der Waals surface area contributed by atoms with Crippen molar-refractivity contribution in [3.8, 4) is 22.3 Å². The number of nitrogens with zero attached hydrogens (tertiary/aromatic N) is 2. The van der Waals surface area contributed by atoms with Gasteiger partial charge in [-0.15, -0.1) is 0 Å². The average molecular weight is 483 g/mol. The van der Waals surface area contributed by atoms with Crippen LogP contribution in [0.5, 0.6) is 0 Å². The minimum absolute atomic E-state index is 0.277. The number of anilines is 1. The summed E-state index contributed by atoms with van der Waals surface area (Å²) in [6.07, 6.45) is -0.415. The summed E-state index contributed by atoms with van der Waals surface area (Å²) >= 11 is 1.42. The van der Waals surface area contributed by atoms with Gasteiger partial charge in [0.2, 0.25) is 0 Å². The van der Waals surface area contributed by atoms with Crippen molar-refractivity contribution in [1.29, 1.82) is 0 Å². The monoisotopic (exact) mass is 482 g/mol. The highest BCUT2D eigenvalue weighted by Gasteiger charge is 2.29. The first-order valence-corrected chi connectivity index (χ1v) is 11.3. The molecule has 0 unspecified atom stereocenters. The molecule has 0 fully saturated rings. The molecule has 0 saturated heterocycles. The van der Waals surface area contributed by atoms with E-state index in [1.165, 1.54) is 23.5 Å². The number of alkyl halides is 3. The molecular weight excluding hydrogens is 461 g/mol. The highest BCUT2D eigenvalue weighted by Crippen LogP contribution is 2.34. The van der Waals surface area contributed by atoms with Crippen LogP contribution in [0.1, 0.15) is 16.8 Å². The van der Waals surface area contributed by atoms with Gasteiger partial charge in [-0.1, -0.05) is 41.5 Å². The lowest BCUT2D eigenvalue weighted by molar-refractivity contribution is -0.137. The average Bonchev–Trinajstić information content (AvgIpc) is 3.24. The third-order valence-electron chi connectivity index (χ3n) is 5.11. The molecule has 0 aliphatic heterocycles. The van der Waals surface area contributed by atoms with Gasteiger partial charge in [-0.05, 0) is 53.1 Å². The van der Waals surface area contributed by atoms with Crippen molar-refractivity contribution in [2.45, 2.75) is 18.6 Å². The van der Waals surface area contributed by atoms with E-state index in [0.29, 0.717) is 23.8 Å². The van der Waals surface area contributed by atoms with Crippen LogP contribution in [0.2, 0.25) is 0 Å². The fourth-order valence-electron chi connectivity index (χ4n) is 3.45. The summed E-state index contributed by atoms with van der Waals surface area (Å²) in [6, 6.07) is 12.6. The van der Waals surface area contributed by atoms with E-state index in [1.807, 2.05) is 24.3 Å². The second kappa shape index (κ2) is 10.2. The summed E-state index contributed by atoms with van der Waals surface area (Å²) in [4.78, 5) is 9.54. The van der Waals surface area contributed by atoms with Crippen LogP contribution in [0.25, 0.3) is 21.2 Å². The molecule has 0 aliphatic rings. The van der Waals surface area contributed by atoms with E-state index in [1.54, 1.807) is 12.4 Å². The van der Waals surface area contributed by atoms with E-state index >= 15 is 0 Å².